The molecular weight excluding hydrogens is 262 g/mol. The van der Waals surface area contributed by atoms with Gasteiger partial charge in [0.15, 0.2) is 5.78 Å². The van der Waals surface area contributed by atoms with Crippen molar-refractivity contribution in [1.29, 1.82) is 0 Å². The number of aryl methyl sites for hydroxylation is 2. The summed E-state index contributed by atoms with van der Waals surface area (Å²) < 4.78 is 1.77. The van der Waals surface area contributed by atoms with Crippen molar-refractivity contribution >= 4 is 17.4 Å². The third kappa shape index (κ3) is 3.41. The molecule has 1 aromatic heterocycles. The van der Waals surface area contributed by atoms with Crippen molar-refractivity contribution < 1.29 is 4.79 Å². The smallest absolute Gasteiger partial charge is 0.170 e. The minimum Gasteiger partial charge on any atom is -0.294 e. The van der Waals surface area contributed by atoms with E-state index in [1.165, 1.54) is 6.33 Å². The van der Waals surface area contributed by atoms with Crippen molar-refractivity contribution in [3.8, 4) is 0 Å². The average Bonchev–Trinajstić information content (AvgIpc) is 2.76. The minimum atomic E-state index is 0.0101. The summed E-state index contributed by atoms with van der Waals surface area (Å²) in [5, 5.41) is 4.70. The standard InChI is InChI=1S/C14H16ClN3O/c1-3-4-18-14(16-9-17-18)8-13(19)11-5-10(2)6-12(15)7-11/h5-7,9H,3-4,8H2,1-2H3. The Bertz CT molecular complexity index is 572. The quantitative estimate of drug-likeness (QED) is 0.789. The molecule has 0 radical (unpaired) electrons. The molecule has 0 N–H and O–H groups in total. The van der Waals surface area contributed by atoms with Crippen molar-refractivity contribution in [2.75, 3.05) is 0 Å². The molecule has 2 aromatic rings. The monoisotopic (exact) mass is 277 g/mol. The number of halogens is 1. The molecule has 0 atom stereocenters. The third-order valence-corrected chi connectivity index (χ3v) is 3.03. The number of carbonyl (C=O) groups is 1. The molecule has 100 valence electrons. The van der Waals surface area contributed by atoms with Crippen LogP contribution < -0.4 is 0 Å². The Morgan fingerprint density at radius 2 is 2.16 bits per heavy atom. The number of carbonyl (C=O) groups excluding carboxylic acids is 1. The number of nitrogens with zero attached hydrogens (tertiary/aromatic N) is 3. The molecular formula is C14H16ClN3O. The van der Waals surface area contributed by atoms with Crippen LogP contribution in [0.15, 0.2) is 24.5 Å². The zero-order chi connectivity index (χ0) is 13.8. The summed E-state index contributed by atoms with van der Waals surface area (Å²) >= 11 is 5.97. The van der Waals surface area contributed by atoms with Gasteiger partial charge in [0.1, 0.15) is 12.2 Å². The molecule has 0 unspecified atom stereocenters. The molecule has 0 aliphatic heterocycles. The van der Waals surface area contributed by atoms with Crippen LogP contribution in [0.4, 0.5) is 0 Å². The molecule has 0 bridgehead atoms. The predicted octanol–water partition coefficient (Wildman–Crippen LogP) is 3.08. The predicted molar refractivity (Wildman–Crippen MR) is 74.5 cm³/mol. The first-order chi connectivity index (χ1) is 9.10. The third-order valence-electron chi connectivity index (χ3n) is 2.81. The first-order valence-electron chi connectivity index (χ1n) is 6.27. The normalized spacial score (nSPS) is 10.7. The van der Waals surface area contributed by atoms with Gasteiger partial charge in [0.25, 0.3) is 0 Å². The molecule has 5 heteroatoms. The van der Waals surface area contributed by atoms with Crippen LogP contribution in [0, 0.1) is 6.92 Å². The maximum atomic E-state index is 12.2. The van der Waals surface area contributed by atoms with Crippen molar-refractivity contribution in [2.24, 2.45) is 0 Å². The summed E-state index contributed by atoms with van der Waals surface area (Å²) in [6, 6.07) is 5.37. The molecule has 0 aliphatic carbocycles. The van der Waals surface area contributed by atoms with Gasteiger partial charge in [-0.15, -0.1) is 0 Å². The van der Waals surface area contributed by atoms with E-state index in [2.05, 4.69) is 17.0 Å². The van der Waals surface area contributed by atoms with E-state index in [9.17, 15) is 4.79 Å². The van der Waals surface area contributed by atoms with E-state index in [-0.39, 0.29) is 12.2 Å². The summed E-state index contributed by atoms with van der Waals surface area (Å²) in [5.41, 5.74) is 1.60. The first kappa shape index (κ1) is 13.7. The Labute approximate surface area is 117 Å². The van der Waals surface area contributed by atoms with E-state index < -0.39 is 0 Å². The molecule has 0 saturated carbocycles. The van der Waals surface area contributed by atoms with Gasteiger partial charge in [-0.3, -0.25) is 4.79 Å². The van der Waals surface area contributed by atoms with Crippen LogP contribution in [-0.2, 0) is 13.0 Å². The Morgan fingerprint density at radius 1 is 1.37 bits per heavy atom. The van der Waals surface area contributed by atoms with Gasteiger partial charge in [-0.2, -0.15) is 5.10 Å². The Balaban J connectivity index is 2.18. The number of hydrogen-bond donors (Lipinski definition) is 0. The van der Waals surface area contributed by atoms with E-state index in [4.69, 9.17) is 11.6 Å². The van der Waals surface area contributed by atoms with E-state index in [0.29, 0.717) is 16.4 Å². The highest BCUT2D eigenvalue weighted by molar-refractivity contribution is 6.31. The fourth-order valence-corrected chi connectivity index (χ4v) is 2.26. The van der Waals surface area contributed by atoms with Crippen LogP contribution in [0.5, 0.6) is 0 Å². The van der Waals surface area contributed by atoms with Gasteiger partial charge < -0.3 is 0 Å². The molecule has 0 fully saturated rings. The van der Waals surface area contributed by atoms with Crippen molar-refractivity contribution in [2.45, 2.75) is 33.2 Å². The van der Waals surface area contributed by atoms with E-state index >= 15 is 0 Å². The Hall–Kier alpha value is -1.68. The van der Waals surface area contributed by atoms with E-state index in [0.717, 1.165) is 18.5 Å². The number of benzene rings is 1. The highest BCUT2D eigenvalue weighted by Crippen LogP contribution is 2.16. The Morgan fingerprint density at radius 3 is 2.84 bits per heavy atom. The van der Waals surface area contributed by atoms with Crippen molar-refractivity contribution in [3.63, 3.8) is 0 Å². The molecule has 0 saturated heterocycles. The molecule has 0 amide bonds. The highest BCUT2D eigenvalue weighted by atomic mass is 35.5. The summed E-state index contributed by atoms with van der Waals surface area (Å²) in [4.78, 5) is 16.4. The van der Waals surface area contributed by atoms with Crippen LogP contribution in [-0.4, -0.2) is 20.5 Å². The second-order valence-corrected chi connectivity index (χ2v) is 4.95. The van der Waals surface area contributed by atoms with Crippen LogP contribution in [0.1, 0.15) is 35.1 Å². The number of Topliss-reactive ketones (excluding diaryl/α,β-unsaturated/α-hetero) is 1. The number of ketones is 1. The number of hydrogen-bond acceptors (Lipinski definition) is 3. The summed E-state index contributed by atoms with van der Waals surface area (Å²) in [5.74, 6) is 0.709. The van der Waals surface area contributed by atoms with Crippen molar-refractivity contribution in [1.82, 2.24) is 14.8 Å². The Kier molecular flexibility index (Phi) is 4.32. The molecule has 1 heterocycles. The maximum Gasteiger partial charge on any atom is 0.170 e. The lowest BCUT2D eigenvalue weighted by Gasteiger charge is -2.05. The second-order valence-electron chi connectivity index (χ2n) is 4.52. The molecule has 1 aromatic carbocycles. The van der Waals surface area contributed by atoms with Gasteiger partial charge in [0.2, 0.25) is 0 Å². The molecule has 0 spiro atoms. The van der Waals surface area contributed by atoms with Crippen LogP contribution in [0.25, 0.3) is 0 Å². The zero-order valence-corrected chi connectivity index (χ0v) is 11.8. The number of rotatable bonds is 5. The highest BCUT2D eigenvalue weighted by Gasteiger charge is 2.12. The van der Waals surface area contributed by atoms with Crippen LogP contribution >= 0.6 is 11.6 Å². The maximum absolute atomic E-state index is 12.2. The topological polar surface area (TPSA) is 47.8 Å². The molecule has 2 rings (SSSR count). The molecule has 0 aliphatic rings. The fourth-order valence-electron chi connectivity index (χ4n) is 1.97. The average molecular weight is 278 g/mol. The molecule has 19 heavy (non-hydrogen) atoms. The van der Waals surface area contributed by atoms with Gasteiger partial charge >= 0.3 is 0 Å². The van der Waals surface area contributed by atoms with Crippen LogP contribution in [0.2, 0.25) is 5.02 Å². The SMILES string of the molecule is CCCn1ncnc1CC(=O)c1cc(C)cc(Cl)c1. The summed E-state index contributed by atoms with van der Waals surface area (Å²) in [6.45, 7) is 4.76. The summed E-state index contributed by atoms with van der Waals surface area (Å²) in [7, 11) is 0. The minimum absolute atomic E-state index is 0.0101. The largest absolute Gasteiger partial charge is 0.294 e. The molecule has 4 nitrogen and oxygen atoms in total. The zero-order valence-electron chi connectivity index (χ0n) is 11.1. The fraction of sp³-hybridized carbons (Fsp3) is 0.357. The van der Waals surface area contributed by atoms with Gasteiger partial charge in [-0.1, -0.05) is 18.5 Å². The second kappa shape index (κ2) is 5.97. The van der Waals surface area contributed by atoms with Gasteiger partial charge in [-0.25, -0.2) is 9.67 Å². The van der Waals surface area contributed by atoms with Gasteiger partial charge in [0, 0.05) is 17.1 Å². The summed E-state index contributed by atoms with van der Waals surface area (Å²) in [6.07, 6.45) is 2.70. The lowest BCUT2D eigenvalue weighted by atomic mass is 10.1. The van der Waals surface area contributed by atoms with Crippen molar-refractivity contribution in [3.05, 3.63) is 46.5 Å². The van der Waals surface area contributed by atoms with E-state index in [1.54, 1.807) is 10.7 Å². The first-order valence-corrected chi connectivity index (χ1v) is 6.65. The van der Waals surface area contributed by atoms with E-state index in [1.807, 2.05) is 19.1 Å². The van der Waals surface area contributed by atoms with Gasteiger partial charge in [0.05, 0.1) is 6.42 Å². The van der Waals surface area contributed by atoms with Gasteiger partial charge in [-0.05, 0) is 37.1 Å². The lowest BCUT2D eigenvalue weighted by Crippen LogP contribution is -2.11. The van der Waals surface area contributed by atoms with Crippen LogP contribution in [0.3, 0.4) is 0 Å². The lowest BCUT2D eigenvalue weighted by molar-refractivity contribution is 0.0989. The number of aromatic nitrogens is 3.